The van der Waals surface area contributed by atoms with E-state index in [0.29, 0.717) is 0 Å². The Morgan fingerprint density at radius 2 is 1.57 bits per heavy atom. The molecule has 1 nitrogen and oxygen atoms in total. The second-order valence-corrected chi connectivity index (χ2v) is 10.1. The van der Waals surface area contributed by atoms with Gasteiger partial charge in [-0.05, 0) is 117 Å². The molecule has 0 aromatic heterocycles. The highest BCUT2D eigenvalue weighted by Crippen LogP contribution is 2.42. The molecule has 0 amide bonds. The number of ether oxygens (including phenoxy) is 1. The number of rotatable bonds is 11. The number of unbranched alkanes of at least 4 members (excludes halogenated alkanes) is 1. The van der Waals surface area contributed by atoms with Crippen molar-refractivity contribution in [2.24, 2.45) is 23.7 Å². The van der Waals surface area contributed by atoms with Crippen LogP contribution in [0.4, 0.5) is 0 Å². The van der Waals surface area contributed by atoms with Gasteiger partial charge in [-0.3, -0.25) is 0 Å². The van der Waals surface area contributed by atoms with Crippen LogP contribution in [-0.2, 0) is 6.42 Å². The zero-order chi connectivity index (χ0) is 21.0. The predicted molar refractivity (Wildman–Crippen MR) is 133 cm³/mol. The standard InChI is InChI=1S/C28H41BrO/c1-2-3-4-6-23-12-18-28(19-13-23)30-22-5-7-24-8-14-26(15-9-24)27-16-10-25(11-17-27)20-21-29/h2,12-13,18-21,24-27H,1,3-11,14-17,22H2. The summed E-state index contributed by atoms with van der Waals surface area (Å²) in [6.45, 7) is 4.65. The van der Waals surface area contributed by atoms with Gasteiger partial charge in [0.2, 0.25) is 0 Å². The minimum absolute atomic E-state index is 0.824. The number of allylic oxidation sites excluding steroid dienone is 2. The molecule has 2 heteroatoms. The summed E-state index contributed by atoms with van der Waals surface area (Å²) in [5, 5.41) is 0. The summed E-state index contributed by atoms with van der Waals surface area (Å²) in [4.78, 5) is 2.06. The van der Waals surface area contributed by atoms with Crippen molar-refractivity contribution in [3.05, 3.63) is 53.5 Å². The number of benzene rings is 1. The third-order valence-electron chi connectivity index (χ3n) is 7.54. The molecule has 0 heterocycles. The van der Waals surface area contributed by atoms with Crippen molar-refractivity contribution >= 4 is 15.9 Å². The largest absolute Gasteiger partial charge is 0.494 e. The second kappa shape index (κ2) is 13.4. The molecule has 0 N–H and O–H groups in total. The summed E-state index contributed by atoms with van der Waals surface area (Å²) in [6, 6.07) is 8.69. The van der Waals surface area contributed by atoms with Crippen LogP contribution in [0.25, 0.3) is 0 Å². The first kappa shape index (κ1) is 23.6. The molecule has 0 radical (unpaired) electrons. The van der Waals surface area contributed by atoms with Gasteiger partial charge in [0.1, 0.15) is 5.75 Å². The van der Waals surface area contributed by atoms with Gasteiger partial charge in [0.05, 0.1) is 6.61 Å². The maximum absolute atomic E-state index is 6.00. The molecule has 0 saturated heterocycles. The monoisotopic (exact) mass is 472 g/mol. The Labute approximate surface area is 193 Å². The molecular weight excluding hydrogens is 432 g/mol. The van der Waals surface area contributed by atoms with E-state index in [1.807, 2.05) is 6.08 Å². The van der Waals surface area contributed by atoms with Crippen molar-refractivity contribution < 1.29 is 4.74 Å². The van der Waals surface area contributed by atoms with Crippen molar-refractivity contribution in [3.63, 3.8) is 0 Å². The summed E-state index contributed by atoms with van der Waals surface area (Å²) in [5.41, 5.74) is 1.40. The molecule has 0 spiro atoms. The minimum atomic E-state index is 0.824. The maximum atomic E-state index is 6.00. The predicted octanol–water partition coefficient (Wildman–Crippen LogP) is 8.88. The van der Waals surface area contributed by atoms with Crippen LogP contribution in [0, 0.1) is 23.7 Å². The fourth-order valence-corrected chi connectivity index (χ4v) is 6.06. The van der Waals surface area contributed by atoms with E-state index in [9.17, 15) is 0 Å². The van der Waals surface area contributed by atoms with E-state index in [4.69, 9.17) is 4.74 Å². The van der Waals surface area contributed by atoms with E-state index in [1.54, 1.807) is 0 Å². The highest BCUT2D eigenvalue weighted by Gasteiger charge is 2.30. The number of halogens is 1. The van der Waals surface area contributed by atoms with E-state index < -0.39 is 0 Å². The Hall–Kier alpha value is -1.02. The van der Waals surface area contributed by atoms with Gasteiger partial charge in [-0.15, -0.1) is 6.58 Å². The Bertz CT molecular complexity index is 619. The molecule has 1 aromatic carbocycles. The lowest BCUT2D eigenvalue weighted by molar-refractivity contribution is 0.149. The van der Waals surface area contributed by atoms with Gasteiger partial charge in [0.15, 0.2) is 0 Å². The van der Waals surface area contributed by atoms with Gasteiger partial charge in [-0.2, -0.15) is 0 Å². The molecule has 3 rings (SSSR count). The summed E-state index contributed by atoms with van der Waals surface area (Å²) >= 11 is 3.44. The van der Waals surface area contributed by atoms with E-state index in [-0.39, 0.29) is 0 Å². The fourth-order valence-electron chi connectivity index (χ4n) is 5.62. The molecule has 2 aliphatic rings. The van der Waals surface area contributed by atoms with Crippen molar-refractivity contribution in [1.82, 2.24) is 0 Å². The van der Waals surface area contributed by atoms with E-state index in [0.717, 1.165) is 48.9 Å². The molecule has 0 bridgehead atoms. The van der Waals surface area contributed by atoms with Crippen molar-refractivity contribution in [2.45, 2.75) is 83.5 Å². The average Bonchev–Trinajstić information content (AvgIpc) is 2.79. The number of aryl methyl sites for hydroxylation is 1. The van der Waals surface area contributed by atoms with Crippen LogP contribution in [0.1, 0.15) is 82.6 Å². The van der Waals surface area contributed by atoms with Gasteiger partial charge in [-0.1, -0.05) is 53.1 Å². The molecular formula is C28H41BrO. The van der Waals surface area contributed by atoms with Crippen LogP contribution in [0.2, 0.25) is 0 Å². The Morgan fingerprint density at radius 3 is 2.20 bits per heavy atom. The lowest BCUT2D eigenvalue weighted by Crippen LogP contribution is -2.25. The fraction of sp³-hybridized carbons (Fsp3) is 0.643. The van der Waals surface area contributed by atoms with Gasteiger partial charge < -0.3 is 4.74 Å². The molecule has 2 saturated carbocycles. The molecule has 30 heavy (non-hydrogen) atoms. The quantitative estimate of drug-likeness (QED) is 0.230. The topological polar surface area (TPSA) is 9.23 Å². The van der Waals surface area contributed by atoms with Crippen LogP contribution in [-0.4, -0.2) is 6.61 Å². The van der Waals surface area contributed by atoms with E-state index in [1.165, 1.54) is 76.2 Å². The smallest absolute Gasteiger partial charge is 0.119 e. The highest BCUT2D eigenvalue weighted by atomic mass is 79.9. The summed E-state index contributed by atoms with van der Waals surface area (Å²) in [5.74, 6) is 4.80. The van der Waals surface area contributed by atoms with Crippen LogP contribution in [0.5, 0.6) is 5.75 Å². The molecule has 0 atom stereocenters. The number of hydrogen-bond acceptors (Lipinski definition) is 1. The van der Waals surface area contributed by atoms with Crippen LogP contribution in [0.3, 0.4) is 0 Å². The van der Waals surface area contributed by atoms with Crippen molar-refractivity contribution in [3.8, 4) is 5.75 Å². The lowest BCUT2D eigenvalue weighted by Gasteiger charge is -2.37. The highest BCUT2D eigenvalue weighted by molar-refractivity contribution is 9.11. The first-order valence-electron chi connectivity index (χ1n) is 12.4. The summed E-state index contributed by atoms with van der Waals surface area (Å²) in [7, 11) is 0. The van der Waals surface area contributed by atoms with Gasteiger partial charge >= 0.3 is 0 Å². The third kappa shape index (κ3) is 7.91. The molecule has 1 aromatic rings. The summed E-state index contributed by atoms with van der Waals surface area (Å²) in [6.07, 6.45) is 21.9. The van der Waals surface area contributed by atoms with Gasteiger partial charge in [-0.25, -0.2) is 0 Å². The SMILES string of the molecule is C=CCCCc1ccc(OCCCC2CCC(C3CCC(C=CBr)CC3)CC2)cc1. The second-order valence-electron chi connectivity index (χ2n) is 9.59. The zero-order valence-electron chi connectivity index (χ0n) is 18.7. The van der Waals surface area contributed by atoms with Gasteiger partial charge in [0, 0.05) is 0 Å². The zero-order valence-corrected chi connectivity index (χ0v) is 20.3. The van der Waals surface area contributed by atoms with E-state index >= 15 is 0 Å². The third-order valence-corrected chi connectivity index (χ3v) is 7.85. The van der Waals surface area contributed by atoms with Crippen LogP contribution < -0.4 is 4.74 Å². The molecule has 0 aliphatic heterocycles. The summed E-state index contributed by atoms with van der Waals surface area (Å²) < 4.78 is 6.00. The minimum Gasteiger partial charge on any atom is -0.494 e. The first-order chi connectivity index (χ1) is 14.8. The molecule has 2 aliphatic carbocycles. The normalized spacial score (nSPS) is 27.2. The maximum Gasteiger partial charge on any atom is 0.119 e. The molecule has 0 unspecified atom stereocenters. The van der Waals surface area contributed by atoms with Crippen LogP contribution >= 0.6 is 15.9 Å². The van der Waals surface area contributed by atoms with Crippen molar-refractivity contribution in [1.29, 1.82) is 0 Å². The first-order valence-corrected chi connectivity index (χ1v) is 13.3. The van der Waals surface area contributed by atoms with E-state index in [2.05, 4.69) is 57.8 Å². The van der Waals surface area contributed by atoms with Crippen molar-refractivity contribution in [2.75, 3.05) is 6.61 Å². The Morgan fingerprint density at radius 1 is 0.900 bits per heavy atom. The van der Waals surface area contributed by atoms with Crippen LogP contribution in [0.15, 0.2) is 48.0 Å². The Kier molecular flexibility index (Phi) is 10.6. The lowest BCUT2D eigenvalue weighted by atomic mass is 9.69. The molecule has 2 fully saturated rings. The molecule has 166 valence electrons. The average molecular weight is 474 g/mol. The van der Waals surface area contributed by atoms with Gasteiger partial charge in [0.25, 0.3) is 0 Å². The number of hydrogen-bond donors (Lipinski definition) is 0. The Balaban J connectivity index is 1.26.